The molecule has 4 heterocycles. The Labute approximate surface area is 202 Å². The highest BCUT2D eigenvalue weighted by molar-refractivity contribution is 5.82. The number of nitrogens with zero attached hydrogens (tertiary/aromatic N) is 3. The lowest BCUT2D eigenvalue weighted by Crippen LogP contribution is -2.38. The molecule has 0 bridgehead atoms. The predicted molar refractivity (Wildman–Crippen MR) is 134 cm³/mol. The first kappa shape index (κ1) is 21.6. The Morgan fingerprint density at radius 1 is 1.14 bits per heavy atom. The van der Waals surface area contributed by atoms with Crippen LogP contribution in [0.2, 0.25) is 0 Å². The van der Waals surface area contributed by atoms with Gasteiger partial charge in [-0.25, -0.2) is 4.98 Å². The van der Waals surface area contributed by atoms with Gasteiger partial charge in [-0.3, -0.25) is 19.1 Å². The molecule has 4 aromatic rings. The molecule has 8 nitrogen and oxygen atoms in total. The molecule has 6 rings (SSSR count). The second kappa shape index (κ2) is 9.02. The second-order valence-electron chi connectivity index (χ2n) is 9.59. The zero-order valence-electron chi connectivity index (χ0n) is 19.4. The van der Waals surface area contributed by atoms with Crippen LogP contribution in [0, 0.1) is 0 Å². The number of hydrogen-bond donors (Lipinski definition) is 3. The molecule has 35 heavy (non-hydrogen) atoms. The highest BCUT2D eigenvalue weighted by Crippen LogP contribution is 2.37. The van der Waals surface area contributed by atoms with Crippen molar-refractivity contribution >= 4 is 22.6 Å². The van der Waals surface area contributed by atoms with Crippen molar-refractivity contribution in [2.45, 2.75) is 56.7 Å². The molecule has 1 saturated carbocycles. The molecule has 3 aromatic heterocycles. The lowest BCUT2D eigenvalue weighted by Gasteiger charge is -2.27. The molecule has 8 heteroatoms. The van der Waals surface area contributed by atoms with Crippen molar-refractivity contribution < 1.29 is 4.79 Å². The average Bonchev–Trinajstić information content (AvgIpc) is 3.43. The maximum absolute atomic E-state index is 13.5. The highest BCUT2D eigenvalue weighted by atomic mass is 16.2. The average molecular weight is 469 g/mol. The maximum atomic E-state index is 13.5. The van der Waals surface area contributed by atoms with Gasteiger partial charge in [0.2, 0.25) is 5.91 Å². The van der Waals surface area contributed by atoms with E-state index in [9.17, 15) is 9.59 Å². The van der Waals surface area contributed by atoms with Crippen LogP contribution < -0.4 is 16.2 Å². The summed E-state index contributed by atoms with van der Waals surface area (Å²) >= 11 is 0. The van der Waals surface area contributed by atoms with Gasteiger partial charge in [0, 0.05) is 52.8 Å². The molecule has 0 unspecified atom stereocenters. The van der Waals surface area contributed by atoms with Gasteiger partial charge in [-0.2, -0.15) is 0 Å². The van der Waals surface area contributed by atoms with E-state index >= 15 is 0 Å². The van der Waals surface area contributed by atoms with E-state index in [1.807, 2.05) is 30.3 Å². The SMILES string of the molecule is O=C(NCc1cc2cnccc2[nH]1)[C@@H]1C[C@H](Cc2ccccc2)c2cnc(NC3CCC3)c(=O)n21. The van der Waals surface area contributed by atoms with E-state index in [1.54, 1.807) is 23.2 Å². The van der Waals surface area contributed by atoms with Crippen LogP contribution in [0.25, 0.3) is 10.9 Å². The molecule has 1 fully saturated rings. The Kier molecular flexibility index (Phi) is 5.56. The second-order valence-corrected chi connectivity index (χ2v) is 9.59. The number of benzene rings is 1. The summed E-state index contributed by atoms with van der Waals surface area (Å²) in [5.41, 5.74) is 3.68. The van der Waals surface area contributed by atoms with E-state index in [-0.39, 0.29) is 17.4 Å². The van der Waals surface area contributed by atoms with Crippen LogP contribution >= 0.6 is 0 Å². The van der Waals surface area contributed by atoms with Crippen LogP contribution in [-0.4, -0.2) is 31.5 Å². The molecule has 2 atom stereocenters. The number of aromatic nitrogens is 4. The normalized spacial score (nSPS) is 19.3. The minimum Gasteiger partial charge on any atom is -0.363 e. The van der Waals surface area contributed by atoms with Gasteiger partial charge in [-0.05, 0) is 49.8 Å². The monoisotopic (exact) mass is 468 g/mol. The highest BCUT2D eigenvalue weighted by Gasteiger charge is 2.37. The molecule has 1 amide bonds. The van der Waals surface area contributed by atoms with Crippen molar-refractivity contribution in [3.05, 3.63) is 88.4 Å². The fourth-order valence-electron chi connectivity index (χ4n) is 5.18. The number of aromatic amines is 1. The van der Waals surface area contributed by atoms with E-state index in [0.29, 0.717) is 24.8 Å². The fourth-order valence-corrected chi connectivity index (χ4v) is 5.18. The van der Waals surface area contributed by atoms with Gasteiger partial charge < -0.3 is 15.6 Å². The number of carbonyl (C=O) groups is 1. The zero-order chi connectivity index (χ0) is 23.8. The van der Waals surface area contributed by atoms with Crippen LogP contribution in [0.4, 0.5) is 5.82 Å². The van der Waals surface area contributed by atoms with Crippen LogP contribution in [0.3, 0.4) is 0 Å². The minimum absolute atomic E-state index is 0.0465. The van der Waals surface area contributed by atoms with Crippen molar-refractivity contribution in [3.63, 3.8) is 0 Å². The van der Waals surface area contributed by atoms with Gasteiger partial charge in [-0.15, -0.1) is 0 Å². The number of hydrogen-bond acceptors (Lipinski definition) is 5. The minimum atomic E-state index is -0.567. The Morgan fingerprint density at radius 3 is 2.77 bits per heavy atom. The third-order valence-electron chi connectivity index (χ3n) is 7.27. The zero-order valence-corrected chi connectivity index (χ0v) is 19.4. The first-order valence-corrected chi connectivity index (χ1v) is 12.3. The summed E-state index contributed by atoms with van der Waals surface area (Å²) < 4.78 is 1.67. The van der Waals surface area contributed by atoms with E-state index in [4.69, 9.17) is 0 Å². The third-order valence-corrected chi connectivity index (χ3v) is 7.27. The Morgan fingerprint density at radius 2 is 2.00 bits per heavy atom. The smallest absolute Gasteiger partial charge is 0.294 e. The lowest BCUT2D eigenvalue weighted by molar-refractivity contribution is -0.124. The van der Waals surface area contributed by atoms with Gasteiger partial charge in [-0.1, -0.05) is 30.3 Å². The molecule has 0 radical (unpaired) electrons. The summed E-state index contributed by atoms with van der Waals surface area (Å²) in [5.74, 6) is 0.242. The molecular formula is C27H28N6O2. The number of carbonyl (C=O) groups excluding carboxylic acids is 1. The van der Waals surface area contributed by atoms with Crippen molar-refractivity contribution in [3.8, 4) is 0 Å². The topological polar surface area (TPSA) is 105 Å². The van der Waals surface area contributed by atoms with Gasteiger partial charge in [0.25, 0.3) is 5.56 Å². The van der Waals surface area contributed by atoms with Crippen LogP contribution in [0.15, 0.2) is 65.8 Å². The molecule has 3 N–H and O–H groups in total. The Bertz CT molecular complexity index is 1390. The first-order valence-electron chi connectivity index (χ1n) is 12.3. The quantitative estimate of drug-likeness (QED) is 0.384. The van der Waals surface area contributed by atoms with E-state index in [2.05, 4.69) is 37.7 Å². The van der Waals surface area contributed by atoms with E-state index in [0.717, 1.165) is 48.0 Å². The van der Waals surface area contributed by atoms with Crippen molar-refractivity contribution in [2.75, 3.05) is 5.32 Å². The number of anilines is 1. The summed E-state index contributed by atoms with van der Waals surface area (Å²) in [7, 11) is 0. The van der Waals surface area contributed by atoms with Crippen LogP contribution in [0.1, 0.15) is 54.6 Å². The maximum Gasteiger partial charge on any atom is 0.294 e. The third kappa shape index (κ3) is 4.20. The summed E-state index contributed by atoms with van der Waals surface area (Å²) in [5, 5.41) is 7.33. The number of fused-ring (bicyclic) bond motifs is 2. The Hall–Kier alpha value is -3.94. The molecule has 0 saturated heterocycles. The Balaban J connectivity index is 1.26. The van der Waals surface area contributed by atoms with Gasteiger partial charge in [0.15, 0.2) is 5.82 Å². The molecule has 2 aliphatic rings. The summed E-state index contributed by atoms with van der Waals surface area (Å²) in [6.07, 6.45) is 9.90. The van der Waals surface area contributed by atoms with Gasteiger partial charge >= 0.3 is 0 Å². The summed E-state index contributed by atoms with van der Waals surface area (Å²) in [6.45, 7) is 0.357. The molecule has 1 aromatic carbocycles. The molecule has 178 valence electrons. The van der Waals surface area contributed by atoms with Crippen molar-refractivity contribution in [2.24, 2.45) is 0 Å². The largest absolute Gasteiger partial charge is 0.363 e. The number of pyridine rings is 1. The summed E-state index contributed by atoms with van der Waals surface area (Å²) in [4.78, 5) is 38.8. The predicted octanol–water partition coefficient (Wildman–Crippen LogP) is 3.67. The molecule has 1 aliphatic heterocycles. The molecule has 0 spiro atoms. The van der Waals surface area contributed by atoms with Crippen molar-refractivity contribution in [1.29, 1.82) is 0 Å². The van der Waals surface area contributed by atoms with Crippen LogP contribution in [0.5, 0.6) is 0 Å². The van der Waals surface area contributed by atoms with Gasteiger partial charge in [0.1, 0.15) is 6.04 Å². The number of amides is 1. The number of H-pyrrole nitrogens is 1. The fraction of sp³-hybridized carbons (Fsp3) is 0.333. The van der Waals surface area contributed by atoms with Gasteiger partial charge in [0.05, 0.1) is 6.54 Å². The lowest BCUT2D eigenvalue weighted by atomic mass is 9.93. The van der Waals surface area contributed by atoms with E-state index < -0.39 is 6.04 Å². The van der Waals surface area contributed by atoms with E-state index in [1.165, 1.54) is 5.56 Å². The standard InChI is InChI=1S/C27H28N6O2/c34-26(30-15-21-12-19-14-28-10-9-22(19)31-21)23-13-18(11-17-5-2-1-3-6-17)24-16-29-25(27(35)33(23)24)32-20-7-4-8-20/h1-3,5-6,9-10,12,14,16,18,20,23,31H,4,7-8,11,13,15H2,(H,29,32)(H,30,34)/t18-,23-/m0/s1. The number of nitrogens with one attached hydrogen (secondary N) is 3. The van der Waals surface area contributed by atoms with Crippen LogP contribution in [-0.2, 0) is 17.8 Å². The first-order chi connectivity index (χ1) is 17.2. The molecule has 1 aliphatic carbocycles. The molecular weight excluding hydrogens is 440 g/mol. The number of rotatable bonds is 7. The van der Waals surface area contributed by atoms with Crippen molar-refractivity contribution in [1.82, 2.24) is 24.8 Å². The summed E-state index contributed by atoms with van der Waals surface area (Å²) in [6, 6.07) is 13.8.